The van der Waals surface area contributed by atoms with E-state index in [1.165, 1.54) is 12.8 Å². The van der Waals surface area contributed by atoms with Gasteiger partial charge in [-0.25, -0.2) is 0 Å². The zero-order valence-corrected chi connectivity index (χ0v) is 12.8. The van der Waals surface area contributed by atoms with Crippen molar-refractivity contribution in [3.63, 3.8) is 0 Å². The second-order valence-electron chi connectivity index (χ2n) is 5.77. The summed E-state index contributed by atoms with van der Waals surface area (Å²) >= 11 is 0. The van der Waals surface area contributed by atoms with Gasteiger partial charge in [0.1, 0.15) is 5.75 Å². The van der Waals surface area contributed by atoms with E-state index in [0.29, 0.717) is 24.8 Å². The third kappa shape index (κ3) is 4.74. The molecule has 1 fully saturated rings. The molecule has 0 radical (unpaired) electrons. The number of hydrogen-bond acceptors (Lipinski definition) is 3. The molecule has 3 N–H and O–H groups in total. The van der Waals surface area contributed by atoms with Gasteiger partial charge in [0.2, 0.25) is 5.91 Å². The van der Waals surface area contributed by atoms with Crippen LogP contribution in [0.15, 0.2) is 24.3 Å². The fraction of sp³-hybridized carbons (Fsp3) is 0.588. The molecule has 0 spiro atoms. The second-order valence-corrected chi connectivity index (χ2v) is 5.77. The van der Waals surface area contributed by atoms with E-state index in [1.54, 1.807) is 6.07 Å². The highest BCUT2D eigenvalue weighted by molar-refractivity contribution is 5.76. The van der Waals surface area contributed by atoms with E-state index in [1.807, 2.05) is 18.2 Å². The van der Waals surface area contributed by atoms with Gasteiger partial charge >= 0.3 is 0 Å². The van der Waals surface area contributed by atoms with Crippen LogP contribution in [0.3, 0.4) is 0 Å². The van der Waals surface area contributed by atoms with E-state index in [2.05, 4.69) is 17.6 Å². The monoisotopic (exact) mass is 290 g/mol. The standard InChI is InChI=1S/C17H26N2O2/c1-2-15(14-9-5-6-10-16(14)20)18-12-11-17(21)19-13-7-3-4-8-13/h5-6,9-10,13,15,18,20H,2-4,7-8,11-12H2,1H3,(H,19,21)/t15-/m0/s1. The van der Waals surface area contributed by atoms with Gasteiger partial charge in [0, 0.05) is 30.6 Å². The predicted molar refractivity (Wildman–Crippen MR) is 84.2 cm³/mol. The molecule has 1 aromatic carbocycles. The molecule has 0 saturated heterocycles. The summed E-state index contributed by atoms with van der Waals surface area (Å²) in [6.07, 6.45) is 6.06. The van der Waals surface area contributed by atoms with Crippen molar-refractivity contribution in [2.24, 2.45) is 0 Å². The third-order valence-electron chi connectivity index (χ3n) is 4.18. The molecular formula is C17H26N2O2. The average molecular weight is 290 g/mol. The predicted octanol–water partition coefficient (Wildman–Crippen LogP) is 2.88. The Kier molecular flexibility index (Phi) is 6.05. The molecule has 0 heterocycles. The molecule has 4 nitrogen and oxygen atoms in total. The number of phenolic OH excluding ortho intramolecular Hbond substituents is 1. The molecule has 2 rings (SSSR count). The lowest BCUT2D eigenvalue weighted by molar-refractivity contribution is -0.121. The highest BCUT2D eigenvalue weighted by atomic mass is 16.3. The topological polar surface area (TPSA) is 61.4 Å². The van der Waals surface area contributed by atoms with Crippen LogP contribution in [0.25, 0.3) is 0 Å². The molecular weight excluding hydrogens is 264 g/mol. The SMILES string of the molecule is CC[C@H](NCCC(=O)NC1CCCC1)c1ccccc1O. The summed E-state index contributed by atoms with van der Waals surface area (Å²) in [6.45, 7) is 2.70. The van der Waals surface area contributed by atoms with Gasteiger partial charge in [-0.2, -0.15) is 0 Å². The number of carbonyl (C=O) groups is 1. The Morgan fingerprint density at radius 2 is 2.05 bits per heavy atom. The van der Waals surface area contributed by atoms with E-state index < -0.39 is 0 Å². The van der Waals surface area contributed by atoms with Crippen molar-refractivity contribution in [2.75, 3.05) is 6.54 Å². The summed E-state index contributed by atoms with van der Waals surface area (Å²) in [4.78, 5) is 11.9. The van der Waals surface area contributed by atoms with Crippen LogP contribution in [-0.4, -0.2) is 23.6 Å². The third-order valence-corrected chi connectivity index (χ3v) is 4.18. The van der Waals surface area contributed by atoms with Crippen LogP contribution in [0.5, 0.6) is 5.75 Å². The van der Waals surface area contributed by atoms with Gasteiger partial charge in [-0.3, -0.25) is 4.79 Å². The Balaban J connectivity index is 1.75. The van der Waals surface area contributed by atoms with E-state index in [9.17, 15) is 9.90 Å². The first-order chi connectivity index (χ1) is 10.2. The minimum atomic E-state index is 0.0884. The van der Waals surface area contributed by atoms with Crippen LogP contribution in [-0.2, 0) is 4.79 Å². The minimum Gasteiger partial charge on any atom is -0.508 e. The summed E-state index contributed by atoms with van der Waals surface area (Å²) < 4.78 is 0. The number of nitrogens with one attached hydrogen (secondary N) is 2. The van der Waals surface area contributed by atoms with Crippen molar-refractivity contribution >= 4 is 5.91 Å². The summed E-state index contributed by atoms with van der Waals surface area (Å²) in [5, 5.41) is 16.3. The number of hydrogen-bond donors (Lipinski definition) is 3. The Morgan fingerprint density at radius 3 is 2.71 bits per heavy atom. The van der Waals surface area contributed by atoms with Gasteiger partial charge in [-0.15, -0.1) is 0 Å². The largest absolute Gasteiger partial charge is 0.508 e. The Bertz CT molecular complexity index is 456. The molecule has 1 aliphatic rings. The lowest BCUT2D eigenvalue weighted by atomic mass is 10.0. The van der Waals surface area contributed by atoms with Gasteiger partial charge in [0.05, 0.1) is 0 Å². The first-order valence-corrected chi connectivity index (χ1v) is 8.01. The van der Waals surface area contributed by atoms with Gasteiger partial charge < -0.3 is 15.7 Å². The number of aromatic hydroxyl groups is 1. The van der Waals surface area contributed by atoms with Gasteiger partial charge in [0.15, 0.2) is 0 Å². The molecule has 0 aromatic heterocycles. The number of phenols is 1. The average Bonchev–Trinajstić information content (AvgIpc) is 2.97. The van der Waals surface area contributed by atoms with Crippen LogP contribution in [0.4, 0.5) is 0 Å². The van der Waals surface area contributed by atoms with Crippen LogP contribution in [0, 0.1) is 0 Å². The maximum Gasteiger partial charge on any atom is 0.221 e. The normalized spacial score (nSPS) is 16.8. The smallest absolute Gasteiger partial charge is 0.221 e. The van der Waals surface area contributed by atoms with Crippen LogP contribution < -0.4 is 10.6 Å². The van der Waals surface area contributed by atoms with Crippen molar-refractivity contribution in [2.45, 2.75) is 57.5 Å². The number of benzene rings is 1. The van der Waals surface area contributed by atoms with Crippen molar-refractivity contribution in [1.29, 1.82) is 0 Å². The number of rotatable bonds is 7. The maximum absolute atomic E-state index is 11.9. The maximum atomic E-state index is 11.9. The molecule has 116 valence electrons. The second kappa shape index (κ2) is 8.03. The molecule has 1 aliphatic carbocycles. The molecule has 4 heteroatoms. The van der Waals surface area contributed by atoms with Crippen molar-refractivity contribution in [3.8, 4) is 5.75 Å². The van der Waals surface area contributed by atoms with Crippen LogP contribution in [0.2, 0.25) is 0 Å². The molecule has 1 amide bonds. The molecule has 1 saturated carbocycles. The van der Waals surface area contributed by atoms with E-state index >= 15 is 0 Å². The fourth-order valence-corrected chi connectivity index (χ4v) is 2.99. The fourth-order valence-electron chi connectivity index (χ4n) is 2.99. The Labute approximate surface area is 126 Å². The molecule has 1 aromatic rings. The van der Waals surface area contributed by atoms with Crippen LogP contribution >= 0.6 is 0 Å². The summed E-state index contributed by atoms with van der Waals surface area (Å²) in [7, 11) is 0. The van der Waals surface area contributed by atoms with Crippen molar-refractivity contribution in [1.82, 2.24) is 10.6 Å². The molecule has 0 aliphatic heterocycles. The van der Waals surface area contributed by atoms with Crippen molar-refractivity contribution in [3.05, 3.63) is 29.8 Å². The highest BCUT2D eigenvalue weighted by Gasteiger charge is 2.17. The highest BCUT2D eigenvalue weighted by Crippen LogP contribution is 2.25. The zero-order chi connectivity index (χ0) is 15.1. The first kappa shape index (κ1) is 15.8. The number of carbonyl (C=O) groups excluding carboxylic acids is 1. The quantitative estimate of drug-likeness (QED) is 0.723. The first-order valence-electron chi connectivity index (χ1n) is 8.01. The van der Waals surface area contributed by atoms with Gasteiger partial charge in [-0.05, 0) is 25.3 Å². The number of para-hydroxylation sites is 1. The van der Waals surface area contributed by atoms with Crippen molar-refractivity contribution < 1.29 is 9.90 Å². The van der Waals surface area contributed by atoms with Gasteiger partial charge in [-0.1, -0.05) is 38.0 Å². The zero-order valence-electron chi connectivity index (χ0n) is 12.8. The summed E-state index contributed by atoms with van der Waals surface area (Å²) in [5.74, 6) is 0.439. The lowest BCUT2D eigenvalue weighted by Gasteiger charge is -2.19. The molecule has 0 unspecified atom stereocenters. The van der Waals surface area contributed by atoms with Gasteiger partial charge in [0.25, 0.3) is 0 Å². The van der Waals surface area contributed by atoms with E-state index in [-0.39, 0.29) is 11.9 Å². The molecule has 21 heavy (non-hydrogen) atoms. The Morgan fingerprint density at radius 1 is 1.33 bits per heavy atom. The van der Waals surface area contributed by atoms with E-state index in [4.69, 9.17) is 0 Å². The van der Waals surface area contributed by atoms with E-state index in [0.717, 1.165) is 24.8 Å². The summed E-state index contributed by atoms with van der Waals surface area (Å²) in [5.41, 5.74) is 0.899. The summed E-state index contributed by atoms with van der Waals surface area (Å²) in [6, 6.07) is 7.84. The number of amides is 1. The lowest BCUT2D eigenvalue weighted by Crippen LogP contribution is -2.35. The molecule has 0 bridgehead atoms. The van der Waals surface area contributed by atoms with Crippen LogP contribution in [0.1, 0.15) is 57.1 Å². The Hall–Kier alpha value is -1.55. The minimum absolute atomic E-state index is 0.0884. The molecule has 1 atom stereocenters.